The first kappa shape index (κ1) is 25.9. The molecule has 4 N–H and O–H groups in total. The van der Waals surface area contributed by atoms with E-state index in [9.17, 15) is 13.8 Å². The molecule has 0 bridgehead atoms. The number of nitrogens with zero attached hydrogens (tertiary/aromatic N) is 5. The van der Waals surface area contributed by atoms with Crippen molar-refractivity contribution < 1.29 is 18.2 Å². The number of H-pyrrole nitrogens is 1. The number of anilines is 1. The highest BCUT2D eigenvalue weighted by Crippen LogP contribution is 2.34. The zero-order chi connectivity index (χ0) is 27.1. The molecule has 1 aliphatic heterocycles. The molecule has 2 amide bonds. The van der Waals surface area contributed by atoms with Gasteiger partial charge in [0.25, 0.3) is 5.91 Å². The van der Waals surface area contributed by atoms with E-state index in [1.54, 1.807) is 38.2 Å². The number of piperazine rings is 1. The number of carbonyl (C=O) groups excluding carboxylic acids is 2. The summed E-state index contributed by atoms with van der Waals surface area (Å²) in [6, 6.07) is 6.16. The largest absolute Gasteiger partial charge is 0.382 e. The van der Waals surface area contributed by atoms with Crippen LogP contribution in [0.25, 0.3) is 22.4 Å². The molecule has 0 radical (unpaired) electrons. The summed E-state index contributed by atoms with van der Waals surface area (Å²) in [5, 5.41) is 11.4. The van der Waals surface area contributed by atoms with E-state index in [1.807, 2.05) is 0 Å². The molecule has 11 nitrogen and oxygen atoms in total. The molecule has 1 saturated heterocycles. The Morgan fingerprint density at radius 1 is 1.30 bits per heavy atom. The summed E-state index contributed by atoms with van der Waals surface area (Å²) < 4.78 is 28.1. The lowest BCUT2D eigenvalue weighted by Gasteiger charge is -2.45. The summed E-state index contributed by atoms with van der Waals surface area (Å²) in [6.07, 6.45) is 5.43. The van der Waals surface area contributed by atoms with Gasteiger partial charge >= 0.3 is 0 Å². The van der Waals surface area contributed by atoms with Gasteiger partial charge in [-0.1, -0.05) is 0 Å². The molecule has 1 unspecified atom stereocenters. The SMILES string of the molecule is CC(=O)N1CCN(c2cc(-c3cc(-c4cnn(S(C)=O)c4)c(C(N)=NC=N)[nH]3)ccc2F)C(=O)C1(C)C. The van der Waals surface area contributed by atoms with Crippen LogP contribution in [0.15, 0.2) is 41.7 Å². The standard InChI is InChI=1S/C24H27FN8O3S/c1-14(34)32-8-7-31(23(35)24(32,2)3)20-9-15(5-6-18(20)25)19-10-17(21(30-19)22(27)28-13-26)16-11-29-33(12-16)37(4)36/h5-6,9-13,30H,7-8H2,1-4H3,(H3,26,27,28). The maximum absolute atomic E-state index is 15.0. The molecule has 0 spiro atoms. The van der Waals surface area contributed by atoms with Gasteiger partial charge in [0.2, 0.25) is 5.91 Å². The van der Waals surface area contributed by atoms with E-state index >= 15 is 4.39 Å². The van der Waals surface area contributed by atoms with Gasteiger partial charge in [-0.05, 0) is 38.1 Å². The summed E-state index contributed by atoms with van der Waals surface area (Å²) in [7, 11) is -1.36. The molecule has 1 fully saturated rings. The van der Waals surface area contributed by atoms with E-state index in [4.69, 9.17) is 11.1 Å². The number of rotatable bonds is 6. The molecule has 1 atom stereocenters. The fourth-order valence-electron chi connectivity index (χ4n) is 4.45. The third-order valence-corrected chi connectivity index (χ3v) is 7.06. The van der Waals surface area contributed by atoms with Crippen molar-refractivity contribution in [1.29, 1.82) is 5.41 Å². The van der Waals surface area contributed by atoms with Crippen LogP contribution in [0.1, 0.15) is 26.5 Å². The Bertz CT molecular complexity index is 1460. The van der Waals surface area contributed by atoms with Crippen molar-refractivity contribution in [3.05, 3.63) is 48.2 Å². The predicted molar refractivity (Wildman–Crippen MR) is 140 cm³/mol. The third-order valence-electron chi connectivity index (χ3n) is 6.33. The van der Waals surface area contributed by atoms with E-state index in [2.05, 4.69) is 15.1 Å². The molecule has 1 aliphatic rings. The molecular formula is C24H27FN8O3S. The molecular weight excluding hydrogens is 499 g/mol. The highest BCUT2D eigenvalue weighted by Gasteiger charge is 2.44. The first-order valence-electron chi connectivity index (χ1n) is 11.3. The molecule has 37 heavy (non-hydrogen) atoms. The lowest BCUT2D eigenvalue weighted by molar-refractivity contribution is -0.145. The average molecular weight is 527 g/mol. The van der Waals surface area contributed by atoms with Gasteiger partial charge in [-0.2, -0.15) is 9.19 Å². The Labute approximate surface area is 215 Å². The Balaban J connectivity index is 1.79. The molecule has 0 saturated carbocycles. The molecule has 2 aromatic heterocycles. The smallest absolute Gasteiger partial charge is 0.252 e. The van der Waals surface area contributed by atoms with Gasteiger partial charge in [0.1, 0.15) is 34.5 Å². The predicted octanol–water partition coefficient (Wildman–Crippen LogP) is 2.11. The second-order valence-electron chi connectivity index (χ2n) is 9.02. The Morgan fingerprint density at radius 2 is 2.03 bits per heavy atom. The van der Waals surface area contributed by atoms with Crippen LogP contribution in [0.4, 0.5) is 10.1 Å². The number of hydrogen-bond acceptors (Lipinski definition) is 5. The van der Waals surface area contributed by atoms with Gasteiger partial charge in [0.05, 0.1) is 17.6 Å². The van der Waals surface area contributed by atoms with Crippen molar-refractivity contribution in [2.45, 2.75) is 26.3 Å². The number of benzene rings is 1. The van der Waals surface area contributed by atoms with Gasteiger partial charge in [-0.25, -0.2) is 13.6 Å². The molecule has 3 heterocycles. The van der Waals surface area contributed by atoms with Crippen molar-refractivity contribution in [3.63, 3.8) is 0 Å². The maximum atomic E-state index is 15.0. The first-order chi connectivity index (χ1) is 17.4. The minimum absolute atomic E-state index is 0.0428. The number of nitrogens with two attached hydrogens (primary N) is 1. The van der Waals surface area contributed by atoms with Gasteiger partial charge in [-0.15, -0.1) is 0 Å². The summed E-state index contributed by atoms with van der Waals surface area (Å²) in [4.78, 5) is 35.2. The highest BCUT2D eigenvalue weighted by molar-refractivity contribution is 7.82. The van der Waals surface area contributed by atoms with Crippen LogP contribution in [0.3, 0.4) is 0 Å². The summed E-state index contributed by atoms with van der Waals surface area (Å²) in [5.41, 5.74) is 7.77. The lowest BCUT2D eigenvalue weighted by Crippen LogP contribution is -2.64. The van der Waals surface area contributed by atoms with Gasteiger partial charge in [-0.3, -0.25) is 15.0 Å². The van der Waals surface area contributed by atoms with Crippen LogP contribution < -0.4 is 10.6 Å². The number of carbonyl (C=O) groups is 2. The van der Waals surface area contributed by atoms with Crippen molar-refractivity contribution in [2.24, 2.45) is 10.7 Å². The molecule has 194 valence electrons. The fraction of sp³-hybridized carbons (Fsp3) is 0.292. The number of halogens is 1. The number of nitrogens with one attached hydrogen (secondary N) is 2. The number of hydrogen-bond donors (Lipinski definition) is 3. The molecule has 4 rings (SSSR count). The summed E-state index contributed by atoms with van der Waals surface area (Å²) in [6.45, 7) is 5.11. The number of aromatic amines is 1. The van der Waals surface area contributed by atoms with Crippen LogP contribution in [0, 0.1) is 11.2 Å². The van der Waals surface area contributed by atoms with E-state index in [0.717, 1.165) is 6.34 Å². The fourth-order valence-corrected chi connectivity index (χ4v) is 4.89. The van der Waals surface area contributed by atoms with Crippen LogP contribution in [-0.4, -0.2) is 72.2 Å². The van der Waals surface area contributed by atoms with Crippen LogP contribution in [-0.2, 0) is 20.6 Å². The normalized spacial score (nSPS) is 16.7. The van der Waals surface area contributed by atoms with Crippen molar-refractivity contribution in [3.8, 4) is 22.4 Å². The lowest BCUT2D eigenvalue weighted by atomic mass is 9.96. The number of amides is 2. The van der Waals surface area contributed by atoms with Gasteiger partial charge in [0.15, 0.2) is 0 Å². The van der Waals surface area contributed by atoms with E-state index in [-0.39, 0.29) is 36.4 Å². The summed E-state index contributed by atoms with van der Waals surface area (Å²) >= 11 is 0. The minimum atomic E-state index is -1.36. The number of aromatic nitrogens is 3. The second-order valence-corrected chi connectivity index (χ2v) is 10.2. The Kier molecular flexibility index (Phi) is 6.82. The summed E-state index contributed by atoms with van der Waals surface area (Å²) in [5.74, 6) is -1.15. The van der Waals surface area contributed by atoms with Crippen LogP contribution in [0.2, 0.25) is 0 Å². The minimum Gasteiger partial charge on any atom is -0.382 e. The maximum Gasteiger partial charge on any atom is 0.252 e. The zero-order valence-electron chi connectivity index (χ0n) is 20.8. The third kappa shape index (κ3) is 4.69. The Morgan fingerprint density at radius 3 is 2.65 bits per heavy atom. The monoisotopic (exact) mass is 526 g/mol. The zero-order valence-corrected chi connectivity index (χ0v) is 21.6. The van der Waals surface area contributed by atoms with Crippen LogP contribution >= 0.6 is 0 Å². The second kappa shape index (κ2) is 9.73. The van der Waals surface area contributed by atoms with Crippen LogP contribution in [0.5, 0.6) is 0 Å². The molecule has 13 heteroatoms. The van der Waals surface area contributed by atoms with Gasteiger partial charge in [0, 0.05) is 54.9 Å². The molecule has 1 aromatic carbocycles. The van der Waals surface area contributed by atoms with E-state index in [0.29, 0.717) is 28.1 Å². The van der Waals surface area contributed by atoms with Crippen molar-refractivity contribution in [1.82, 2.24) is 19.1 Å². The van der Waals surface area contributed by atoms with E-state index < -0.39 is 22.3 Å². The quantitative estimate of drug-likeness (QED) is 0.332. The molecule has 0 aliphatic carbocycles. The topological polar surface area (TPSA) is 154 Å². The average Bonchev–Trinajstić information content (AvgIpc) is 3.49. The van der Waals surface area contributed by atoms with Gasteiger partial charge < -0.3 is 20.5 Å². The van der Waals surface area contributed by atoms with Crippen molar-refractivity contribution in [2.75, 3.05) is 24.2 Å². The van der Waals surface area contributed by atoms with E-state index in [1.165, 1.54) is 39.3 Å². The first-order valence-corrected chi connectivity index (χ1v) is 12.8. The molecule has 3 aromatic rings. The van der Waals surface area contributed by atoms with Crippen molar-refractivity contribution >= 4 is 40.7 Å². The number of aliphatic imine (C=N–C) groups is 1. The highest BCUT2D eigenvalue weighted by atomic mass is 32.2. The number of amidine groups is 1. The Hall–Kier alpha value is -4.13.